The van der Waals surface area contributed by atoms with Gasteiger partial charge in [-0.15, -0.1) is 0 Å². The van der Waals surface area contributed by atoms with Crippen molar-refractivity contribution in [3.8, 4) is 12.1 Å². The Hall–Kier alpha value is -2.68. The Morgan fingerprint density at radius 3 is 2.75 bits per heavy atom. The minimum absolute atomic E-state index is 0.117. The van der Waals surface area contributed by atoms with Crippen molar-refractivity contribution in [3.05, 3.63) is 40.0 Å². The number of carboxylic acid groups (broad SMARTS) is 1. The van der Waals surface area contributed by atoms with Crippen molar-refractivity contribution in [1.29, 1.82) is 10.5 Å². The van der Waals surface area contributed by atoms with Gasteiger partial charge in [0.2, 0.25) is 0 Å². The number of aliphatic carboxylic acids is 1. The molecule has 1 aromatic carbocycles. The number of aliphatic imine (C=N–C) groups is 1. The van der Waals surface area contributed by atoms with Crippen LogP contribution < -0.4 is 5.84 Å². The third-order valence-electron chi connectivity index (χ3n) is 3.65. The van der Waals surface area contributed by atoms with Crippen LogP contribution in [0.4, 0.5) is 0 Å². The molecule has 1 heterocycles. The lowest BCUT2D eigenvalue weighted by Crippen LogP contribution is -2.46. The largest absolute Gasteiger partial charge is 0.481 e. The fourth-order valence-electron chi connectivity index (χ4n) is 2.51. The molecule has 2 unspecified atom stereocenters. The fraction of sp³-hybridized carbons (Fsp3) is 0.250. The van der Waals surface area contributed by atoms with Crippen LogP contribution in [0.5, 0.6) is 0 Å². The minimum atomic E-state index is -1.07. The van der Waals surface area contributed by atoms with Crippen molar-refractivity contribution < 1.29 is 9.90 Å². The SMILES string of the molecule is CCC(C(=O)O)C1=C(c2cccc(Br)c2)N(N)C(C#N)C(C#N)=N1. The predicted molar refractivity (Wildman–Crippen MR) is 91.0 cm³/mol. The summed E-state index contributed by atoms with van der Waals surface area (Å²) in [6, 6.07) is 9.78. The third kappa shape index (κ3) is 3.16. The van der Waals surface area contributed by atoms with E-state index in [2.05, 4.69) is 20.9 Å². The molecule has 1 aliphatic rings. The molecule has 0 radical (unpaired) electrons. The summed E-state index contributed by atoms with van der Waals surface area (Å²) in [4.78, 5) is 15.8. The molecule has 0 aliphatic carbocycles. The molecule has 0 aromatic heterocycles. The van der Waals surface area contributed by atoms with Gasteiger partial charge in [-0.2, -0.15) is 10.5 Å². The van der Waals surface area contributed by atoms with E-state index >= 15 is 0 Å². The number of hydrazine groups is 1. The van der Waals surface area contributed by atoms with Gasteiger partial charge in [-0.3, -0.25) is 9.80 Å². The summed E-state index contributed by atoms with van der Waals surface area (Å²) in [6.07, 6.45) is 0.273. The van der Waals surface area contributed by atoms with Crippen LogP contribution in [0.25, 0.3) is 5.70 Å². The molecule has 7 nitrogen and oxygen atoms in total. The number of nitrogens with two attached hydrogens (primary N) is 1. The number of nitriles is 2. The lowest BCUT2D eigenvalue weighted by Gasteiger charge is -2.32. The van der Waals surface area contributed by atoms with E-state index in [1.807, 2.05) is 18.2 Å². The van der Waals surface area contributed by atoms with E-state index in [1.54, 1.807) is 25.1 Å². The summed E-state index contributed by atoms with van der Waals surface area (Å²) in [5.41, 5.74) is 1.00. The molecule has 0 saturated carbocycles. The highest BCUT2D eigenvalue weighted by molar-refractivity contribution is 9.10. The smallest absolute Gasteiger partial charge is 0.312 e. The first-order valence-electron chi connectivity index (χ1n) is 7.09. The zero-order valence-corrected chi connectivity index (χ0v) is 14.4. The molecule has 2 rings (SSSR count). The number of halogens is 1. The molecule has 0 amide bonds. The number of carboxylic acids is 1. The number of carbonyl (C=O) groups is 1. The monoisotopic (exact) mass is 387 g/mol. The Bertz CT molecular complexity index is 818. The van der Waals surface area contributed by atoms with Gasteiger partial charge in [-0.05, 0) is 18.6 Å². The zero-order valence-electron chi connectivity index (χ0n) is 12.8. The fourth-order valence-corrected chi connectivity index (χ4v) is 2.91. The first kappa shape index (κ1) is 17.7. The van der Waals surface area contributed by atoms with Crippen molar-refractivity contribution in [1.82, 2.24) is 5.01 Å². The van der Waals surface area contributed by atoms with Crippen LogP contribution in [0.1, 0.15) is 18.9 Å². The molecule has 122 valence electrons. The summed E-state index contributed by atoms with van der Waals surface area (Å²) in [7, 11) is 0. The molecule has 1 aliphatic heterocycles. The summed E-state index contributed by atoms with van der Waals surface area (Å²) in [5.74, 6) is 4.08. The van der Waals surface area contributed by atoms with Gasteiger partial charge in [0.25, 0.3) is 0 Å². The standard InChI is InChI=1S/C16H14BrN5O2/c1-2-11(16(23)24)14-15(9-4-3-5-10(17)6-9)22(20)13(8-19)12(7-18)21-14/h3-6,11,13H,2,20H2,1H3,(H,23,24). The maximum absolute atomic E-state index is 11.6. The van der Waals surface area contributed by atoms with Gasteiger partial charge in [0, 0.05) is 10.0 Å². The van der Waals surface area contributed by atoms with Gasteiger partial charge in [0.05, 0.1) is 17.5 Å². The van der Waals surface area contributed by atoms with Crippen molar-refractivity contribution in [2.24, 2.45) is 16.8 Å². The highest BCUT2D eigenvalue weighted by Gasteiger charge is 2.36. The van der Waals surface area contributed by atoms with E-state index in [-0.39, 0.29) is 17.8 Å². The second-order valence-corrected chi connectivity index (χ2v) is 6.01. The molecule has 3 N–H and O–H groups in total. The molecular formula is C16H14BrN5O2. The number of rotatable bonds is 4. The summed E-state index contributed by atoms with van der Waals surface area (Å²) in [6.45, 7) is 1.71. The van der Waals surface area contributed by atoms with Crippen LogP contribution in [0.2, 0.25) is 0 Å². The lowest BCUT2D eigenvalue weighted by molar-refractivity contribution is -0.140. The van der Waals surface area contributed by atoms with Gasteiger partial charge < -0.3 is 5.11 Å². The van der Waals surface area contributed by atoms with Crippen LogP contribution in [0.15, 0.2) is 39.4 Å². The van der Waals surface area contributed by atoms with E-state index < -0.39 is 17.9 Å². The minimum Gasteiger partial charge on any atom is -0.481 e. The van der Waals surface area contributed by atoms with E-state index in [1.165, 1.54) is 0 Å². The van der Waals surface area contributed by atoms with Crippen molar-refractivity contribution >= 4 is 33.3 Å². The molecule has 0 fully saturated rings. The molecular weight excluding hydrogens is 374 g/mol. The van der Waals surface area contributed by atoms with E-state index in [9.17, 15) is 20.4 Å². The van der Waals surface area contributed by atoms with Gasteiger partial charge in [-0.25, -0.2) is 10.8 Å². The Kier molecular flexibility index (Phi) is 5.35. The highest BCUT2D eigenvalue weighted by atomic mass is 79.9. The maximum atomic E-state index is 11.6. The van der Waals surface area contributed by atoms with Crippen LogP contribution in [0.3, 0.4) is 0 Å². The maximum Gasteiger partial charge on any atom is 0.312 e. The molecule has 0 bridgehead atoms. The Morgan fingerprint density at radius 1 is 1.54 bits per heavy atom. The highest BCUT2D eigenvalue weighted by Crippen LogP contribution is 2.34. The van der Waals surface area contributed by atoms with Crippen molar-refractivity contribution in [2.45, 2.75) is 19.4 Å². The number of benzene rings is 1. The van der Waals surface area contributed by atoms with E-state index in [0.29, 0.717) is 11.3 Å². The van der Waals surface area contributed by atoms with Crippen LogP contribution >= 0.6 is 15.9 Å². The van der Waals surface area contributed by atoms with Gasteiger partial charge in [-0.1, -0.05) is 35.0 Å². The number of hydrogen-bond donors (Lipinski definition) is 2. The summed E-state index contributed by atoms with van der Waals surface area (Å²) in [5, 5.41) is 29.2. The molecule has 1 aromatic rings. The lowest BCUT2D eigenvalue weighted by atomic mass is 9.94. The Morgan fingerprint density at radius 2 is 2.25 bits per heavy atom. The van der Waals surface area contributed by atoms with Gasteiger partial charge in [0.1, 0.15) is 12.0 Å². The van der Waals surface area contributed by atoms with Crippen LogP contribution in [-0.2, 0) is 4.79 Å². The topological polar surface area (TPSA) is 126 Å². The third-order valence-corrected chi connectivity index (χ3v) is 4.14. The normalized spacial score (nSPS) is 18.5. The molecule has 2 atom stereocenters. The van der Waals surface area contributed by atoms with Crippen molar-refractivity contribution in [3.63, 3.8) is 0 Å². The van der Waals surface area contributed by atoms with Gasteiger partial charge >= 0.3 is 5.97 Å². The molecule has 0 saturated heterocycles. The average molecular weight is 388 g/mol. The van der Waals surface area contributed by atoms with E-state index in [0.717, 1.165) is 9.48 Å². The van der Waals surface area contributed by atoms with Crippen LogP contribution in [-0.4, -0.2) is 27.8 Å². The second kappa shape index (κ2) is 7.26. The van der Waals surface area contributed by atoms with E-state index in [4.69, 9.17) is 5.84 Å². The quantitative estimate of drug-likeness (QED) is 0.762. The Balaban J connectivity index is 2.78. The van der Waals surface area contributed by atoms with Crippen molar-refractivity contribution in [2.75, 3.05) is 0 Å². The Labute approximate surface area is 147 Å². The molecule has 0 spiro atoms. The predicted octanol–water partition coefficient (Wildman–Crippen LogP) is 2.27. The first-order valence-corrected chi connectivity index (χ1v) is 7.89. The average Bonchev–Trinajstić information content (AvgIpc) is 2.54. The summed E-state index contributed by atoms with van der Waals surface area (Å²) >= 11 is 3.36. The number of hydrogen-bond acceptors (Lipinski definition) is 6. The van der Waals surface area contributed by atoms with Crippen LogP contribution in [0, 0.1) is 28.6 Å². The van der Waals surface area contributed by atoms with Gasteiger partial charge in [0.15, 0.2) is 11.8 Å². The molecule has 24 heavy (non-hydrogen) atoms. The number of nitrogens with zero attached hydrogens (tertiary/aromatic N) is 4. The second-order valence-electron chi connectivity index (χ2n) is 5.09. The molecule has 8 heteroatoms. The summed E-state index contributed by atoms with van der Waals surface area (Å²) < 4.78 is 0.771. The zero-order chi connectivity index (χ0) is 17.9. The first-order chi connectivity index (χ1) is 11.4.